The van der Waals surface area contributed by atoms with E-state index in [1.165, 1.54) is 10.6 Å². The van der Waals surface area contributed by atoms with Crippen LogP contribution < -0.4 is 4.74 Å². The molecule has 0 unspecified atom stereocenters. The van der Waals surface area contributed by atoms with Crippen molar-refractivity contribution in [3.8, 4) is 5.88 Å². The van der Waals surface area contributed by atoms with Crippen LogP contribution in [0.5, 0.6) is 5.88 Å². The van der Waals surface area contributed by atoms with E-state index in [1.807, 2.05) is 4.90 Å². The minimum atomic E-state index is -3.17. The molecule has 2 aliphatic rings. The molecule has 2 saturated heterocycles. The molecule has 1 amide bonds. The highest BCUT2D eigenvalue weighted by Crippen LogP contribution is 2.24. The van der Waals surface area contributed by atoms with Crippen molar-refractivity contribution < 1.29 is 17.9 Å². The number of aromatic nitrogens is 2. The average Bonchev–Trinajstić information content (AvgIpc) is 2.61. The molecule has 2 aliphatic heterocycles. The molecule has 1 aromatic heterocycles. The number of hydrogen-bond acceptors (Lipinski definition) is 6. The van der Waals surface area contributed by atoms with E-state index in [4.69, 9.17) is 4.74 Å². The molecule has 0 N–H and O–H groups in total. The van der Waals surface area contributed by atoms with Crippen LogP contribution in [-0.2, 0) is 14.8 Å². The molecule has 2 fully saturated rings. The normalized spacial score (nSPS) is 23.4. The number of amides is 1. The first kappa shape index (κ1) is 18.1. The lowest BCUT2D eigenvalue weighted by Crippen LogP contribution is -2.49. The van der Waals surface area contributed by atoms with Gasteiger partial charge in [-0.1, -0.05) is 0 Å². The lowest BCUT2D eigenvalue weighted by Gasteiger charge is -2.37. The highest BCUT2D eigenvalue weighted by atomic mass is 32.2. The Hall–Kier alpha value is -1.74. The first-order valence-corrected chi connectivity index (χ1v) is 10.5. The average molecular weight is 368 g/mol. The molecular weight excluding hydrogens is 344 g/mol. The van der Waals surface area contributed by atoms with Gasteiger partial charge in [0.05, 0.1) is 12.8 Å². The number of likely N-dealkylation sites (tertiary alicyclic amines) is 1. The van der Waals surface area contributed by atoms with Crippen LogP contribution in [0.15, 0.2) is 18.3 Å². The number of rotatable bonds is 4. The van der Waals surface area contributed by atoms with E-state index in [1.54, 1.807) is 18.3 Å². The smallest absolute Gasteiger partial charge is 0.233 e. The largest absolute Gasteiger partial charge is 0.471 e. The maximum atomic E-state index is 12.8. The summed E-state index contributed by atoms with van der Waals surface area (Å²) in [6.45, 7) is 2.11. The fraction of sp³-hybridized carbons (Fsp3) is 0.688. The molecule has 0 bridgehead atoms. The molecule has 1 aromatic rings. The summed E-state index contributed by atoms with van der Waals surface area (Å²) in [6.07, 6.45) is 5.66. The predicted octanol–water partition coefficient (Wildman–Crippen LogP) is 0.518. The monoisotopic (exact) mass is 368 g/mol. The van der Waals surface area contributed by atoms with E-state index in [-0.39, 0.29) is 17.9 Å². The van der Waals surface area contributed by atoms with Gasteiger partial charge in [-0.15, -0.1) is 5.10 Å². The van der Waals surface area contributed by atoms with Gasteiger partial charge in [0.15, 0.2) is 0 Å². The van der Waals surface area contributed by atoms with Crippen LogP contribution in [0.4, 0.5) is 0 Å². The van der Waals surface area contributed by atoms with E-state index in [0.29, 0.717) is 38.4 Å². The lowest BCUT2D eigenvalue weighted by atomic mass is 9.95. The number of hydrogen-bond donors (Lipinski definition) is 0. The van der Waals surface area contributed by atoms with Gasteiger partial charge in [0.1, 0.15) is 6.10 Å². The fourth-order valence-corrected chi connectivity index (χ4v) is 4.32. The molecule has 0 radical (unpaired) electrons. The molecule has 3 rings (SSSR count). The van der Waals surface area contributed by atoms with Crippen LogP contribution >= 0.6 is 0 Å². The van der Waals surface area contributed by atoms with E-state index in [0.717, 1.165) is 19.4 Å². The molecule has 0 aromatic carbocycles. The van der Waals surface area contributed by atoms with E-state index in [9.17, 15) is 13.2 Å². The van der Waals surface area contributed by atoms with Crippen molar-refractivity contribution in [3.05, 3.63) is 18.3 Å². The predicted molar refractivity (Wildman–Crippen MR) is 91.4 cm³/mol. The molecule has 138 valence electrons. The minimum absolute atomic E-state index is 0.0782. The van der Waals surface area contributed by atoms with Crippen LogP contribution in [0.2, 0.25) is 0 Å². The van der Waals surface area contributed by atoms with Gasteiger partial charge in [0.2, 0.25) is 21.8 Å². The van der Waals surface area contributed by atoms with Gasteiger partial charge >= 0.3 is 0 Å². The Morgan fingerprint density at radius 1 is 1.24 bits per heavy atom. The lowest BCUT2D eigenvalue weighted by molar-refractivity contribution is -0.139. The first-order chi connectivity index (χ1) is 11.9. The maximum absolute atomic E-state index is 12.8. The second kappa shape index (κ2) is 7.65. The van der Waals surface area contributed by atoms with Crippen molar-refractivity contribution in [2.45, 2.75) is 31.8 Å². The summed E-state index contributed by atoms with van der Waals surface area (Å²) in [5.41, 5.74) is 0. The Bertz CT molecular complexity index is 689. The highest BCUT2D eigenvalue weighted by molar-refractivity contribution is 7.88. The molecule has 0 spiro atoms. The van der Waals surface area contributed by atoms with Gasteiger partial charge in [-0.3, -0.25) is 4.79 Å². The van der Waals surface area contributed by atoms with Crippen molar-refractivity contribution in [2.24, 2.45) is 5.92 Å². The second-order valence-corrected chi connectivity index (χ2v) is 8.65. The van der Waals surface area contributed by atoms with E-state index < -0.39 is 10.0 Å². The number of nitrogens with zero attached hydrogens (tertiary/aromatic N) is 4. The van der Waals surface area contributed by atoms with Crippen molar-refractivity contribution >= 4 is 15.9 Å². The van der Waals surface area contributed by atoms with Gasteiger partial charge in [0, 0.05) is 37.8 Å². The quantitative estimate of drug-likeness (QED) is 0.769. The van der Waals surface area contributed by atoms with Crippen molar-refractivity contribution in [1.29, 1.82) is 0 Å². The van der Waals surface area contributed by atoms with E-state index >= 15 is 0 Å². The van der Waals surface area contributed by atoms with Gasteiger partial charge in [0.25, 0.3) is 0 Å². The van der Waals surface area contributed by atoms with Crippen molar-refractivity contribution in [3.63, 3.8) is 0 Å². The first-order valence-electron chi connectivity index (χ1n) is 8.62. The standard InChI is InChI=1S/C16H24N4O4S/c1-25(22,23)20-10-6-13(7-11-20)16(21)19-9-3-4-14(12-19)24-15-5-2-8-17-18-15/h2,5,8,13-14H,3-4,6-7,9-12H2,1H3/t14-/m1/s1. The number of piperidine rings is 2. The summed E-state index contributed by atoms with van der Waals surface area (Å²) < 4.78 is 30.4. The summed E-state index contributed by atoms with van der Waals surface area (Å²) in [7, 11) is -3.17. The highest BCUT2D eigenvalue weighted by Gasteiger charge is 2.33. The summed E-state index contributed by atoms with van der Waals surface area (Å²) in [5.74, 6) is 0.483. The molecule has 25 heavy (non-hydrogen) atoms. The van der Waals surface area contributed by atoms with Crippen molar-refractivity contribution in [1.82, 2.24) is 19.4 Å². The molecule has 3 heterocycles. The Morgan fingerprint density at radius 2 is 2.00 bits per heavy atom. The number of sulfonamides is 1. The minimum Gasteiger partial charge on any atom is -0.471 e. The molecule has 8 nitrogen and oxygen atoms in total. The van der Waals surface area contributed by atoms with Crippen LogP contribution in [0.25, 0.3) is 0 Å². The molecular formula is C16H24N4O4S. The van der Waals surface area contributed by atoms with Crippen LogP contribution in [0.1, 0.15) is 25.7 Å². The Balaban J connectivity index is 1.54. The summed E-state index contributed by atoms with van der Waals surface area (Å²) in [4.78, 5) is 14.6. The van der Waals surface area contributed by atoms with Gasteiger partial charge in [-0.2, -0.15) is 5.10 Å². The Labute approximate surface area is 148 Å². The third-order valence-electron chi connectivity index (χ3n) is 4.80. The molecule has 0 aliphatic carbocycles. The van der Waals surface area contributed by atoms with Crippen LogP contribution in [-0.4, -0.2) is 72.3 Å². The third-order valence-corrected chi connectivity index (χ3v) is 6.10. The summed E-state index contributed by atoms with van der Waals surface area (Å²) >= 11 is 0. The second-order valence-electron chi connectivity index (χ2n) is 6.66. The van der Waals surface area contributed by atoms with Crippen LogP contribution in [0, 0.1) is 5.92 Å². The Morgan fingerprint density at radius 3 is 2.64 bits per heavy atom. The summed E-state index contributed by atoms with van der Waals surface area (Å²) in [5, 5.41) is 7.72. The SMILES string of the molecule is CS(=O)(=O)N1CCC(C(=O)N2CCC[C@@H](Oc3cccnn3)C2)CC1. The molecule has 9 heteroatoms. The van der Waals surface area contributed by atoms with Crippen molar-refractivity contribution in [2.75, 3.05) is 32.4 Å². The zero-order valence-electron chi connectivity index (χ0n) is 14.4. The van der Waals surface area contributed by atoms with Gasteiger partial charge in [-0.05, 0) is 31.7 Å². The summed E-state index contributed by atoms with van der Waals surface area (Å²) in [6, 6.07) is 3.53. The number of carbonyl (C=O) groups excluding carboxylic acids is 1. The topological polar surface area (TPSA) is 92.7 Å². The number of ether oxygens (including phenoxy) is 1. The maximum Gasteiger partial charge on any atom is 0.233 e. The Kier molecular flexibility index (Phi) is 5.53. The van der Waals surface area contributed by atoms with Gasteiger partial charge in [-0.25, -0.2) is 12.7 Å². The third kappa shape index (κ3) is 4.66. The van der Waals surface area contributed by atoms with Gasteiger partial charge < -0.3 is 9.64 Å². The van der Waals surface area contributed by atoms with E-state index in [2.05, 4.69) is 10.2 Å². The molecule has 0 saturated carbocycles. The zero-order chi connectivity index (χ0) is 17.9. The zero-order valence-corrected chi connectivity index (χ0v) is 15.2. The fourth-order valence-electron chi connectivity index (χ4n) is 3.45. The van der Waals surface area contributed by atoms with Crippen LogP contribution in [0.3, 0.4) is 0 Å². The number of carbonyl (C=O) groups is 1. The molecule has 1 atom stereocenters.